The first-order valence-corrected chi connectivity index (χ1v) is 13.3. The summed E-state index contributed by atoms with van der Waals surface area (Å²) in [5.74, 6) is 0.464. The molecule has 3 aliphatic rings. The molecule has 5 rings (SSSR count). The highest BCUT2D eigenvalue weighted by Crippen LogP contribution is 2.33. The molecule has 0 bridgehead atoms. The second kappa shape index (κ2) is 9.74. The number of carbonyl (C=O) groups is 2. The van der Waals surface area contributed by atoms with E-state index >= 15 is 0 Å². The largest absolute Gasteiger partial charge is 0.345 e. The lowest BCUT2D eigenvalue weighted by atomic mass is 9.79. The standard InChI is InChI=1S/C22H30N6O2S2/c29-19(25-6-10-27(11-7-25)21-23-4-14-31-21)17-2-1-3-18(16-17)20(30)26-8-12-28(13-9-26)22-24-5-15-32-22/h4-5,14-15,17-18H,1-3,6-13,16H2. The predicted molar refractivity (Wildman–Crippen MR) is 127 cm³/mol. The van der Waals surface area contributed by atoms with Crippen molar-refractivity contribution in [3.8, 4) is 0 Å². The van der Waals surface area contributed by atoms with Crippen molar-refractivity contribution in [3.05, 3.63) is 23.2 Å². The summed E-state index contributed by atoms with van der Waals surface area (Å²) < 4.78 is 0. The quantitative estimate of drug-likeness (QED) is 0.678. The molecule has 172 valence electrons. The maximum atomic E-state index is 13.2. The average molecular weight is 475 g/mol. The van der Waals surface area contributed by atoms with Crippen LogP contribution < -0.4 is 9.80 Å². The van der Waals surface area contributed by atoms with E-state index in [1.54, 1.807) is 22.7 Å². The van der Waals surface area contributed by atoms with E-state index in [2.05, 4.69) is 19.8 Å². The molecule has 0 radical (unpaired) electrons. The molecule has 8 nitrogen and oxygen atoms in total. The Morgan fingerprint density at radius 3 is 1.53 bits per heavy atom. The number of thiazole rings is 2. The summed E-state index contributed by atoms with van der Waals surface area (Å²) in [5, 5.41) is 6.06. The summed E-state index contributed by atoms with van der Waals surface area (Å²) in [6.45, 7) is 6.29. The molecule has 2 aromatic rings. The van der Waals surface area contributed by atoms with Crippen molar-refractivity contribution in [1.82, 2.24) is 19.8 Å². The average Bonchev–Trinajstić information content (AvgIpc) is 3.58. The van der Waals surface area contributed by atoms with E-state index in [-0.39, 0.29) is 23.7 Å². The van der Waals surface area contributed by atoms with E-state index in [1.165, 1.54) is 0 Å². The Morgan fingerprint density at radius 1 is 0.719 bits per heavy atom. The summed E-state index contributed by atoms with van der Waals surface area (Å²) >= 11 is 3.29. The van der Waals surface area contributed by atoms with E-state index in [1.807, 2.05) is 33.0 Å². The molecule has 2 unspecified atom stereocenters. The predicted octanol–water partition coefficient (Wildman–Crippen LogP) is 2.40. The molecule has 10 heteroatoms. The topological polar surface area (TPSA) is 72.9 Å². The number of piperazine rings is 2. The lowest BCUT2D eigenvalue weighted by Crippen LogP contribution is -2.52. The van der Waals surface area contributed by atoms with Gasteiger partial charge in [-0.15, -0.1) is 22.7 Å². The third-order valence-electron chi connectivity index (χ3n) is 6.93. The molecular formula is C22H30N6O2S2. The van der Waals surface area contributed by atoms with Crippen LogP contribution in [0.5, 0.6) is 0 Å². The van der Waals surface area contributed by atoms with Gasteiger partial charge in [-0.1, -0.05) is 6.42 Å². The van der Waals surface area contributed by atoms with Gasteiger partial charge in [0, 0.05) is 87.3 Å². The summed E-state index contributed by atoms with van der Waals surface area (Å²) in [6.07, 6.45) is 7.15. The molecule has 2 atom stereocenters. The van der Waals surface area contributed by atoms with Gasteiger partial charge in [-0.2, -0.15) is 0 Å². The van der Waals surface area contributed by atoms with Crippen LogP contribution in [-0.4, -0.2) is 83.9 Å². The van der Waals surface area contributed by atoms with Crippen LogP contribution in [0.2, 0.25) is 0 Å². The smallest absolute Gasteiger partial charge is 0.225 e. The van der Waals surface area contributed by atoms with Gasteiger partial charge in [-0.25, -0.2) is 9.97 Å². The minimum Gasteiger partial charge on any atom is -0.345 e. The minimum atomic E-state index is -0.0132. The van der Waals surface area contributed by atoms with Crippen LogP contribution in [0.1, 0.15) is 25.7 Å². The molecule has 0 spiro atoms. The van der Waals surface area contributed by atoms with Crippen molar-refractivity contribution in [2.24, 2.45) is 11.8 Å². The van der Waals surface area contributed by atoms with Crippen LogP contribution in [0.3, 0.4) is 0 Å². The molecule has 2 amide bonds. The van der Waals surface area contributed by atoms with Crippen LogP contribution in [0.4, 0.5) is 10.3 Å². The zero-order valence-corrected chi connectivity index (χ0v) is 19.9. The van der Waals surface area contributed by atoms with Gasteiger partial charge in [0.05, 0.1) is 0 Å². The molecule has 2 aliphatic heterocycles. The second-order valence-electron chi connectivity index (χ2n) is 8.81. The molecule has 2 saturated heterocycles. The van der Waals surface area contributed by atoms with Crippen molar-refractivity contribution < 1.29 is 9.59 Å². The number of anilines is 2. The highest BCUT2D eigenvalue weighted by atomic mass is 32.1. The lowest BCUT2D eigenvalue weighted by molar-refractivity contribution is -0.141. The van der Waals surface area contributed by atoms with E-state index in [9.17, 15) is 9.59 Å². The molecule has 3 fully saturated rings. The summed E-state index contributed by atoms with van der Waals surface area (Å²) in [5.41, 5.74) is 0. The number of amides is 2. The summed E-state index contributed by atoms with van der Waals surface area (Å²) in [6, 6.07) is 0. The first-order chi connectivity index (χ1) is 15.7. The molecule has 4 heterocycles. The van der Waals surface area contributed by atoms with Crippen LogP contribution in [0, 0.1) is 11.8 Å². The normalized spacial score (nSPS) is 24.6. The fourth-order valence-electron chi connectivity index (χ4n) is 5.14. The van der Waals surface area contributed by atoms with Gasteiger partial charge in [0.2, 0.25) is 11.8 Å². The molecule has 0 N–H and O–H groups in total. The lowest BCUT2D eigenvalue weighted by Gasteiger charge is -2.40. The fourth-order valence-corrected chi connectivity index (χ4v) is 6.53. The fraction of sp³-hybridized carbons (Fsp3) is 0.636. The van der Waals surface area contributed by atoms with Crippen LogP contribution >= 0.6 is 22.7 Å². The SMILES string of the molecule is O=C(C1CCCC(C(=O)N2CCN(c3nccs3)CC2)C1)N1CCN(c2nccs2)CC1. The number of hydrogen-bond donors (Lipinski definition) is 0. The van der Waals surface area contributed by atoms with Crippen molar-refractivity contribution in [3.63, 3.8) is 0 Å². The van der Waals surface area contributed by atoms with Crippen LogP contribution in [0.15, 0.2) is 23.2 Å². The Hall–Kier alpha value is -2.20. The molecule has 0 aromatic carbocycles. The zero-order valence-electron chi connectivity index (χ0n) is 18.3. The van der Waals surface area contributed by atoms with Gasteiger partial charge >= 0.3 is 0 Å². The number of hydrogen-bond acceptors (Lipinski definition) is 8. The first-order valence-electron chi connectivity index (χ1n) is 11.6. The van der Waals surface area contributed by atoms with Gasteiger partial charge in [-0.05, 0) is 19.3 Å². The Morgan fingerprint density at radius 2 is 1.16 bits per heavy atom. The van der Waals surface area contributed by atoms with E-state index in [0.717, 1.165) is 81.9 Å². The Labute approximate surface area is 196 Å². The number of nitrogens with zero attached hydrogens (tertiary/aromatic N) is 6. The van der Waals surface area contributed by atoms with Crippen LogP contribution in [-0.2, 0) is 9.59 Å². The monoisotopic (exact) mass is 474 g/mol. The summed E-state index contributed by atoms with van der Waals surface area (Å²) in [7, 11) is 0. The van der Waals surface area contributed by atoms with E-state index in [0.29, 0.717) is 6.42 Å². The zero-order chi connectivity index (χ0) is 21.9. The van der Waals surface area contributed by atoms with E-state index < -0.39 is 0 Å². The highest BCUT2D eigenvalue weighted by Gasteiger charge is 2.36. The molecule has 2 aromatic heterocycles. The van der Waals surface area contributed by atoms with Crippen molar-refractivity contribution in [2.75, 3.05) is 62.2 Å². The van der Waals surface area contributed by atoms with Crippen molar-refractivity contribution >= 4 is 44.8 Å². The van der Waals surface area contributed by atoms with Crippen molar-refractivity contribution in [2.45, 2.75) is 25.7 Å². The minimum absolute atomic E-state index is 0.0132. The third kappa shape index (κ3) is 4.61. The second-order valence-corrected chi connectivity index (χ2v) is 10.6. The molecule has 1 saturated carbocycles. The Kier molecular flexibility index (Phi) is 6.59. The van der Waals surface area contributed by atoms with Crippen LogP contribution in [0.25, 0.3) is 0 Å². The number of carbonyl (C=O) groups excluding carboxylic acids is 2. The molecule has 32 heavy (non-hydrogen) atoms. The third-order valence-corrected chi connectivity index (χ3v) is 8.60. The van der Waals surface area contributed by atoms with Gasteiger partial charge in [0.1, 0.15) is 0 Å². The highest BCUT2D eigenvalue weighted by molar-refractivity contribution is 7.13. The maximum absolute atomic E-state index is 13.2. The maximum Gasteiger partial charge on any atom is 0.225 e. The number of rotatable bonds is 4. The van der Waals surface area contributed by atoms with Gasteiger partial charge in [0.15, 0.2) is 10.3 Å². The molecule has 1 aliphatic carbocycles. The van der Waals surface area contributed by atoms with E-state index in [4.69, 9.17) is 0 Å². The number of aromatic nitrogens is 2. The Balaban J connectivity index is 1.12. The first kappa shape index (κ1) is 21.6. The summed E-state index contributed by atoms with van der Waals surface area (Å²) in [4.78, 5) is 43.7. The van der Waals surface area contributed by atoms with Gasteiger partial charge in [-0.3, -0.25) is 9.59 Å². The Bertz CT molecular complexity index is 817. The van der Waals surface area contributed by atoms with Gasteiger partial charge < -0.3 is 19.6 Å². The van der Waals surface area contributed by atoms with Crippen molar-refractivity contribution in [1.29, 1.82) is 0 Å². The van der Waals surface area contributed by atoms with Gasteiger partial charge in [0.25, 0.3) is 0 Å². The molecular weight excluding hydrogens is 444 g/mol.